The quantitative estimate of drug-likeness (QED) is 0.614. The Morgan fingerprint density at radius 1 is 1.62 bits per heavy atom. The number of aromatic nitrogens is 1. The van der Waals surface area contributed by atoms with Crippen LogP contribution < -0.4 is 11.3 Å². The lowest BCUT2D eigenvalue weighted by atomic mass is 10.2. The number of hydrogen-bond acceptors (Lipinski definition) is 5. The van der Waals surface area contributed by atoms with Gasteiger partial charge >= 0.3 is 0 Å². The van der Waals surface area contributed by atoms with Crippen LogP contribution >= 0.6 is 11.8 Å². The van der Waals surface area contributed by atoms with Gasteiger partial charge in [-0.3, -0.25) is 4.90 Å². The number of hydrazine groups is 1. The lowest BCUT2D eigenvalue weighted by Crippen LogP contribution is -2.39. The fraction of sp³-hybridized carbons (Fsp3) is 0.545. The summed E-state index contributed by atoms with van der Waals surface area (Å²) in [5.41, 5.74) is 3.66. The van der Waals surface area contributed by atoms with E-state index in [0.717, 1.165) is 24.6 Å². The Morgan fingerprint density at radius 2 is 2.50 bits per heavy atom. The largest absolute Gasteiger partial charge is 0.308 e. The second-order valence-electron chi connectivity index (χ2n) is 4.05. The van der Waals surface area contributed by atoms with Crippen LogP contribution in [-0.2, 0) is 6.54 Å². The molecular weight excluding hydrogens is 220 g/mol. The molecule has 1 fully saturated rings. The number of thioether (sulfide) groups is 1. The van der Waals surface area contributed by atoms with Gasteiger partial charge in [-0.2, -0.15) is 11.8 Å². The number of nitrogens with zero attached hydrogens (tertiary/aromatic N) is 2. The van der Waals surface area contributed by atoms with E-state index in [1.807, 2.05) is 23.9 Å². The molecule has 0 aromatic carbocycles. The summed E-state index contributed by atoms with van der Waals surface area (Å²) in [5, 5.41) is 0. The molecule has 2 heterocycles. The number of nitrogens with two attached hydrogens (primary N) is 1. The van der Waals surface area contributed by atoms with Crippen LogP contribution in [0.3, 0.4) is 0 Å². The zero-order chi connectivity index (χ0) is 11.4. The van der Waals surface area contributed by atoms with Crippen molar-refractivity contribution in [2.45, 2.75) is 19.5 Å². The van der Waals surface area contributed by atoms with Crippen LogP contribution in [0.1, 0.15) is 12.6 Å². The van der Waals surface area contributed by atoms with E-state index in [9.17, 15) is 0 Å². The third kappa shape index (κ3) is 2.87. The van der Waals surface area contributed by atoms with Crippen molar-refractivity contribution in [2.75, 3.05) is 23.5 Å². The van der Waals surface area contributed by atoms with Crippen molar-refractivity contribution in [2.24, 2.45) is 5.84 Å². The topological polar surface area (TPSA) is 54.2 Å². The second-order valence-corrected chi connectivity index (χ2v) is 5.20. The molecule has 4 nitrogen and oxygen atoms in total. The molecule has 16 heavy (non-hydrogen) atoms. The van der Waals surface area contributed by atoms with Crippen LogP contribution in [0.15, 0.2) is 18.2 Å². The number of hydrogen-bond donors (Lipinski definition) is 2. The lowest BCUT2D eigenvalue weighted by molar-refractivity contribution is 0.221. The Balaban J connectivity index is 2.01. The zero-order valence-electron chi connectivity index (χ0n) is 9.52. The summed E-state index contributed by atoms with van der Waals surface area (Å²) in [7, 11) is 0. The normalized spacial score (nSPS) is 22.0. The molecule has 0 saturated carbocycles. The fourth-order valence-corrected chi connectivity index (χ4v) is 2.93. The molecule has 3 N–H and O–H groups in total. The van der Waals surface area contributed by atoms with Gasteiger partial charge < -0.3 is 5.43 Å². The lowest BCUT2D eigenvalue weighted by Gasteiger charge is -2.32. The number of nitrogen functional groups attached to an aromatic ring is 1. The molecule has 1 aliphatic heterocycles. The minimum atomic E-state index is 0.634. The zero-order valence-corrected chi connectivity index (χ0v) is 10.3. The monoisotopic (exact) mass is 238 g/mol. The SMILES string of the molecule is CC1CSCCN1Cc1cccc(NN)n1. The van der Waals surface area contributed by atoms with Crippen molar-refractivity contribution in [3.63, 3.8) is 0 Å². The molecular formula is C11H18N4S. The van der Waals surface area contributed by atoms with Crippen LogP contribution in [-0.4, -0.2) is 34.0 Å². The average Bonchev–Trinajstić information content (AvgIpc) is 2.32. The molecule has 0 spiro atoms. The van der Waals surface area contributed by atoms with Crippen LogP contribution in [0.4, 0.5) is 5.82 Å². The minimum Gasteiger partial charge on any atom is -0.308 e. The molecule has 0 amide bonds. The van der Waals surface area contributed by atoms with Crippen molar-refractivity contribution in [3.8, 4) is 0 Å². The van der Waals surface area contributed by atoms with Gasteiger partial charge in [-0.15, -0.1) is 0 Å². The van der Waals surface area contributed by atoms with Crippen LogP contribution in [0.5, 0.6) is 0 Å². The van der Waals surface area contributed by atoms with Gasteiger partial charge in [-0.25, -0.2) is 10.8 Å². The Hall–Kier alpha value is -0.780. The number of pyridine rings is 1. The van der Waals surface area contributed by atoms with Gasteiger partial charge in [0.2, 0.25) is 0 Å². The maximum atomic E-state index is 5.35. The minimum absolute atomic E-state index is 0.634. The first-order valence-electron chi connectivity index (χ1n) is 5.54. The van der Waals surface area contributed by atoms with E-state index in [1.54, 1.807) is 0 Å². The van der Waals surface area contributed by atoms with Crippen LogP contribution in [0, 0.1) is 0 Å². The molecule has 1 unspecified atom stereocenters. The Kier molecular flexibility index (Phi) is 4.04. The van der Waals surface area contributed by atoms with Crippen molar-refractivity contribution in [1.82, 2.24) is 9.88 Å². The van der Waals surface area contributed by atoms with E-state index in [2.05, 4.69) is 28.3 Å². The van der Waals surface area contributed by atoms with Crippen molar-refractivity contribution >= 4 is 17.6 Å². The van der Waals surface area contributed by atoms with E-state index >= 15 is 0 Å². The van der Waals surface area contributed by atoms with E-state index in [-0.39, 0.29) is 0 Å². The van der Waals surface area contributed by atoms with Crippen LogP contribution in [0.2, 0.25) is 0 Å². The summed E-state index contributed by atoms with van der Waals surface area (Å²) < 4.78 is 0. The van der Waals surface area contributed by atoms with Gasteiger partial charge in [0.25, 0.3) is 0 Å². The highest BCUT2D eigenvalue weighted by Crippen LogP contribution is 2.18. The van der Waals surface area contributed by atoms with E-state index < -0.39 is 0 Å². The third-order valence-electron chi connectivity index (χ3n) is 2.82. The molecule has 1 aromatic rings. The van der Waals surface area contributed by atoms with Gasteiger partial charge in [0.05, 0.1) is 5.69 Å². The fourth-order valence-electron chi connectivity index (χ4n) is 1.85. The molecule has 0 bridgehead atoms. The molecule has 0 radical (unpaired) electrons. The van der Waals surface area contributed by atoms with Crippen molar-refractivity contribution in [3.05, 3.63) is 23.9 Å². The number of nitrogens with one attached hydrogen (secondary N) is 1. The summed E-state index contributed by atoms with van der Waals surface area (Å²) in [4.78, 5) is 6.91. The van der Waals surface area contributed by atoms with Crippen molar-refractivity contribution in [1.29, 1.82) is 0 Å². The first-order valence-corrected chi connectivity index (χ1v) is 6.69. The maximum Gasteiger partial charge on any atom is 0.140 e. The molecule has 1 atom stereocenters. The summed E-state index contributed by atoms with van der Waals surface area (Å²) in [6.07, 6.45) is 0. The van der Waals surface area contributed by atoms with Gasteiger partial charge in [0.15, 0.2) is 0 Å². The third-order valence-corrected chi connectivity index (χ3v) is 4.01. The Morgan fingerprint density at radius 3 is 3.25 bits per heavy atom. The molecule has 1 aliphatic rings. The molecule has 0 aliphatic carbocycles. The number of anilines is 1. The van der Waals surface area contributed by atoms with Gasteiger partial charge in [0, 0.05) is 30.6 Å². The Bertz CT molecular complexity index is 345. The predicted octanol–water partition coefficient (Wildman–Crippen LogP) is 1.30. The standard InChI is InChI=1S/C11H18N4S/c1-9-8-16-6-5-15(9)7-10-3-2-4-11(13-10)14-12/h2-4,9H,5-8,12H2,1H3,(H,13,14). The molecule has 5 heteroatoms. The second kappa shape index (κ2) is 5.52. The summed E-state index contributed by atoms with van der Waals surface area (Å²) >= 11 is 2.03. The predicted molar refractivity (Wildman–Crippen MR) is 69.2 cm³/mol. The molecule has 1 saturated heterocycles. The van der Waals surface area contributed by atoms with E-state index in [1.165, 1.54) is 11.5 Å². The highest BCUT2D eigenvalue weighted by Gasteiger charge is 2.18. The summed E-state index contributed by atoms with van der Waals surface area (Å²) in [5.74, 6) is 8.52. The van der Waals surface area contributed by atoms with Gasteiger partial charge in [-0.05, 0) is 19.1 Å². The Labute approximate surface area is 101 Å². The first-order chi connectivity index (χ1) is 7.79. The van der Waals surface area contributed by atoms with Crippen LogP contribution in [0.25, 0.3) is 0 Å². The molecule has 2 rings (SSSR count). The van der Waals surface area contributed by atoms with Gasteiger partial charge in [0.1, 0.15) is 5.82 Å². The smallest absolute Gasteiger partial charge is 0.140 e. The highest BCUT2D eigenvalue weighted by atomic mass is 32.2. The van der Waals surface area contributed by atoms with E-state index in [4.69, 9.17) is 5.84 Å². The van der Waals surface area contributed by atoms with Crippen molar-refractivity contribution < 1.29 is 0 Å². The van der Waals surface area contributed by atoms with Gasteiger partial charge in [-0.1, -0.05) is 6.07 Å². The first kappa shape index (κ1) is 11.7. The molecule has 1 aromatic heterocycles. The average molecular weight is 238 g/mol. The maximum absolute atomic E-state index is 5.35. The summed E-state index contributed by atoms with van der Waals surface area (Å²) in [6.45, 7) is 4.34. The summed E-state index contributed by atoms with van der Waals surface area (Å²) in [6, 6.07) is 6.55. The van der Waals surface area contributed by atoms with E-state index in [0.29, 0.717) is 6.04 Å². The number of rotatable bonds is 3. The molecule has 88 valence electrons. The highest BCUT2D eigenvalue weighted by molar-refractivity contribution is 7.99.